The molecule has 202 valence electrons. The van der Waals surface area contributed by atoms with E-state index >= 15 is 0 Å². The molecule has 0 unspecified atom stereocenters. The molecule has 0 amide bonds. The van der Waals surface area contributed by atoms with Gasteiger partial charge >= 0.3 is 5.97 Å². The van der Waals surface area contributed by atoms with Gasteiger partial charge in [0.25, 0.3) is 0 Å². The molecule has 0 aromatic heterocycles. The van der Waals surface area contributed by atoms with Crippen LogP contribution in [0.1, 0.15) is 155 Å². The summed E-state index contributed by atoms with van der Waals surface area (Å²) in [4.78, 5) is 22.2. The molecule has 0 aliphatic rings. The van der Waals surface area contributed by atoms with Crippen LogP contribution in [0.15, 0.2) is 0 Å². The quantitative estimate of drug-likeness (QED) is 0.0690. The summed E-state index contributed by atoms with van der Waals surface area (Å²) in [7, 11) is 0. The van der Waals surface area contributed by atoms with Crippen LogP contribution in [0, 0.1) is 5.92 Å². The monoisotopic (exact) mass is 481 g/mol. The zero-order valence-electron chi connectivity index (χ0n) is 23.1. The molecule has 0 aromatic carbocycles. The maximum absolute atomic E-state index is 12.0. The highest BCUT2D eigenvalue weighted by Gasteiger charge is 2.09. The third kappa shape index (κ3) is 25.7. The Hall–Kier alpha value is -0.900. The van der Waals surface area contributed by atoms with Gasteiger partial charge in [0.2, 0.25) is 0 Å². The molecular formula is C30H59NO3. The van der Waals surface area contributed by atoms with Crippen LogP contribution in [-0.4, -0.2) is 32.0 Å². The maximum atomic E-state index is 12.0. The molecule has 0 aliphatic carbocycles. The normalized spacial score (nSPS) is 11.3. The van der Waals surface area contributed by atoms with Crippen molar-refractivity contribution in [2.75, 3.05) is 19.7 Å². The molecule has 0 fully saturated rings. The number of carbonyl (C=O) groups excluding carboxylic acids is 2. The Morgan fingerprint density at radius 3 is 1.79 bits per heavy atom. The maximum Gasteiger partial charge on any atom is 0.305 e. The smallest absolute Gasteiger partial charge is 0.305 e. The van der Waals surface area contributed by atoms with E-state index in [1.165, 1.54) is 103 Å². The lowest BCUT2D eigenvalue weighted by Gasteiger charge is -2.16. The van der Waals surface area contributed by atoms with Crippen LogP contribution < -0.4 is 5.32 Å². The van der Waals surface area contributed by atoms with Crippen LogP contribution in [0.25, 0.3) is 0 Å². The van der Waals surface area contributed by atoms with Crippen LogP contribution in [0.3, 0.4) is 0 Å². The number of unbranched alkanes of at least 4 members (excludes halogenated alkanes) is 13. The standard InChI is InChI=1S/C30H59NO3/c1-3-5-14-21-29(22-15-6-4-2)23-20-28-34-30(33)24-16-10-9-12-18-26-31-25-17-11-7-8-13-19-27-32/h27,29,31H,3-26,28H2,1-2H3. The summed E-state index contributed by atoms with van der Waals surface area (Å²) in [6.45, 7) is 7.37. The van der Waals surface area contributed by atoms with Crippen LogP contribution in [0.4, 0.5) is 0 Å². The number of nitrogens with one attached hydrogen (secondary N) is 1. The van der Waals surface area contributed by atoms with Gasteiger partial charge in [-0.3, -0.25) is 4.79 Å². The Bertz CT molecular complexity index is 417. The van der Waals surface area contributed by atoms with Crippen molar-refractivity contribution < 1.29 is 14.3 Å². The molecule has 0 heterocycles. The van der Waals surface area contributed by atoms with Gasteiger partial charge in [-0.2, -0.15) is 0 Å². The fourth-order valence-electron chi connectivity index (χ4n) is 4.61. The summed E-state index contributed by atoms with van der Waals surface area (Å²) < 4.78 is 5.50. The van der Waals surface area contributed by atoms with Gasteiger partial charge in [0.1, 0.15) is 6.29 Å². The topological polar surface area (TPSA) is 55.4 Å². The summed E-state index contributed by atoms with van der Waals surface area (Å²) in [5, 5.41) is 3.53. The molecule has 0 bridgehead atoms. The largest absolute Gasteiger partial charge is 0.466 e. The third-order valence-corrected chi connectivity index (χ3v) is 6.86. The highest BCUT2D eigenvalue weighted by Crippen LogP contribution is 2.22. The van der Waals surface area contributed by atoms with Crippen molar-refractivity contribution in [2.45, 2.75) is 155 Å². The molecule has 0 spiro atoms. The third-order valence-electron chi connectivity index (χ3n) is 6.86. The average Bonchev–Trinajstić information content (AvgIpc) is 2.84. The fraction of sp³-hybridized carbons (Fsp3) is 0.933. The van der Waals surface area contributed by atoms with Crippen LogP contribution in [-0.2, 0) is 14.3 Å². The van der Waals surface area contributed by atoms with Gasteiger partial charge in [-0.25, -0.2) is 0 Å². The average molecular weight is 482 g/mol. The molecule has 1 N–H and O–H groups in total. The summed E-state index contributed by atoms with van der Waals surface area (Å²) >= 11 is 0. The molecule has 0 rings (SSSR count). The highest BCUT2D eigenvalue weighted by atomic mass is 16.5. The predicted octanol–water partition coefficient (Wildman–Crippen LogP) is 8.56. The van der Waals surface area contributed by atoms with Crippen molar-refractivity contribution in [3.05, 3.63) is 0 Å². The molecule has 0 aromatic rings. The Kier molecular flexibility index (Phi) is 27.6. The molecule has 0 saturated heterocycles. The van der Waals surface area contributed by atoms with Gasteiger partial charge in [0, 0.05) is 12.8 Å². The lowest BCUT2D eigenvalue weighted by atomic mass is 9.91. The number of ether oxygens (including phenoxy) is 1. The van der Waals surface area contributed by atoms with Crippen molar-refractivity contribution in [1.82, 2.24) is 5.32 Å². The van der Waals surface area contributed by atoms with Crippen molar-refractivity contribution in [3.8, 4) is 0 Å². The van der Waals surface area contributed by atoms with E-state index in [2.05, 4.69) is 19.2 Å². The first kappa shape index (κ1) is 33.1. The molecule has 4 heteroatoms. The number of aldehydes is 1. The molecule has 0 aliphatic heterocycles. The summed E-state index contributed by atoms with van der Waals surface area (Å²) in [6.07, 6.45) is 27.0. The summed E-state index contributed by atoms with van der Waals surface area (Å²) in [6, 6.07) is 0. The van der Waals surface area contributed by atoms with E-state index in [0.717, 1.165) is 57.4 Å². The number of rotatable bonds is 28. The van der Waals surface area contributed by atoms with Gasteiger partial charge < -0.3 is 14.8 Å². The minimum Gasteiger partial charge on any atom is -0.466 e. The number of carbonyl (C=O) groups is 2. The summed E-state index contributed by atoms with van der Waals surface area (Å²) in [5.74, 6) is 0.826. The van der Waals surface area contributed by atoms with Crippen LogP contribution >= 0.6 is 0 Å². The van der Waals surface area contributed by atoms with Crippen molar-refractivity contribution in [2.24, 2.45) is 5.92 Å². The van der Waals surface area contributed by atoms with E-state index < -0.39 is 0 Å². The SMILES string of the molecule is CCCCCC(CCCCC)CCCOC(=O)CCCCCCCNCCCCCCCC=O. The van der Waals surface area contributed by atoms with E-state index in [1.807, 2.05) is 0 Å². The second-order valence-corrected chi connectivity index (χ2v) is 10.2. The predicted molar refractivity (Wildman–Crippen MR) is 146 cm³/mol. The fourth-order valence-corrected chi connectivity index (χ4v) is 4.61. The van der Waals surface area contributed by atoms with Gasteiger partial charge in [-0.1, -0.05) is 104 Å². The highest BCUT2D eigenvalue weighted by molar-refractivity contribution is 5.69. The second-order valence-electron chi connectivity index (χ2n) is 10.2. The minimum atomic E-state index is 0.00124. The molecule has 4 nitrogen and oxygen atoms in total. The Labute approximate surface area is 212 Å². The number of esters is 1. The summed E-state index contributed by atoms with van der Waals surface area (Å²) in [5.41, 5.74) is 0. The van der Waals surface area contributed by atoms with Crippen molar-refractivity contribution >= 4 is 12.3 Å². The first-order valence-corrected chi connectivity index (χ1v) is 15.0. The molecule has 0 atom stereocenters. The molecular weight excluding hydrogens is 422 g/mol. The van der Waals surface area contributed by atoms with E-state index in [9.17, 15) is 9.59 Å². The first-order chi connectivity index (χ1) is 16.7. The molecule has 0 radical (unpaired) electrons. The second kappa shape index (κ2) is 28.3. The van der Waals surface area contributed by atoms with Gasteiger partial charge in [-0.05, 0) is 57.5 Å². The van der Waals surface area contributed by atoms with Crippen molar-refractivity contribution in [3.63, 3.8) is 0 Å². The van der Waals surface area contributed by atoms with Crippen LogP contribution in [0.2, 0.25) is 0 Å². The zero-order valence-corrected chi connectivity index (χ0v) is 23.1. The van der Waals surface area contributed by atoms with E-state index in [1.54, 1.807) is 0 Å². The minimum absolute atomic E-state index is 0.00124. The molecule has 0 saturated carbocycles. The van der Waals surface area contributed by atoms with E-state index in [-0.39, 0.29) is 5.97 Å². The van der Waals surface area contributed by atoms with E-state index in [0.29, 0.717) is 13.0 Å². The van der Waals surface area contributed by atoms with Gasteiger partial charge in [-0.15, -0.1) is 0 Å². The van der Waals surface area contributed by atoms with Crippen LogP contribution in [0.5, 0.6) is 0 Å². The Morgan fingerprint density at radius 2 is 1.21 bits per heavy atom. The molecule has 34 heavy (non-hydrogen) atoms. The Morgan fingerprint density at radius 1 is 0.676 bits per heavy atom. The first-order valence-electron chi connectivity index (χ1n) is 15.0. The number of hydrogen-bond donors (Lipinski definition) is 1. The van der Waals surface area contributed by atoms with Crippen molar-refractivity contribution in [1.29, 1.82) is 0 Å². The van der Waals surface area contributed by atoms with Gasteiger partial charge in [0.15, 0.2) is 0 Å². The zero-order chi connectivity index (χ0) is 25.0. The van der Waals surface area contributed by atoms with E-state index in [4.69, 9.17) is 4.74 Å². The number of hydrogen-bond acceptors (Lipinski definition) is 4. The van der Waals surface area contributed by atoms with Gasteiger partial charge in [0.05, 0.1) is 6.61 Å². The Balaban J connectivity index is 3.46. The lowest BCUT2D eigenvalue weighted by molar-refractivity contribution is -0.144. The lowest BCUT2D eigenvalue weighted by Crippen LogP contribution is -2.16.